The van der Waals surface area contributed by atoms with Gasteiger partial charge in [0.25, 0.3) is 5.91 Å². The lowest BCUT2D eigenvalue weighted by atomic mass is 10.2. The predicted molar refractivity (Wildman–Crippen MR) is 88.8 cm³/mol. The number of amides is 3. The highest BCUT2D eigenvalue weighted by atomic mass is 16.4. The molecule has 1 saturated heterocycles. The fraction of sp³-hybridized carbons (Fsp3) is 0.412. The molecule has 0 radical (unpaired) electrons. The predicted octanol–water partition coefficient (Wildman–Crippen LogP) is -0.00330. The van der Waals surface area contributed by atoms with E-state index in [1.807, 2.05) is 0 Å². The number of nitrogens with zero attached hydrogens (tertiary/aromatic N) is 1. The molecule has 0 bridgehead atoms. The third-order valence-corrected chi connectivity index (χ3v) is 4.01. The number of benzene rings is 1. The van der Waals surface area contributed by atoms with Crippen molar-refractivity contribution in [2.24, 2.45) is 0 Å². The Morgan fingerprint density at radius 2 is 1.92 bits per heavy atom. The second-order valence-corrected chi connectivity index (χ2v) is 5.87. The summed E-state index contributed by atoms with van der Waals surface area (Å²) in [6.07, 6.45) is 1.03. The van der Waals surface area contributed by atoms with Gasteiger partial charge < -0.3 is 20.6 Å². The molecule has 1 aliphatic heterocycles. The van der Waals surface area contributed by atoms with E-state index in [9.17, 15) is 19.2 Å². The molecule has 3 amide bonds. The van der Waals surface area contributed by atoms with Gasteiger partial charge in [-0.1, -0.05) is 18.2 Å². The maximum Gasteiger partial charge on any atom is 0.326 e. The number of carbonyl (C=O) groups excluding carboxylic acids is 3. The Hall–Kier alpha value is -2.90. The lowest BCUT2D eigenvalue weighted by molar-refractivity contribution is -0.149. The molecule has 1 aliphatic rings. The normalized spacial score (nSPS) is 17.6. The van der Waals surface area contributed by atoms with E-state index in [2.05, 4.69) is 10.6 Å². The van der Waals surface area contributed by atoms with Crippen LogP contribution in [-0.4, -0.2) is 58.9 Å². The van der Waals surface area contributed by atoms with Gasteiger partial charge in [0.2, 0.25) is 11.8 Å². The van der Waals surface area contributed by atoms with Crippen molar-refractivity contribution in [3.05, 3.63) is 35.9 Å². The summed E-state index contributed by atoms with van der Waals surface area (Å²) in [7, 11) is 0. The summed E-state index contributed by atoms with van der Waals surface area (Å²) < 4.78 is 0. The molecule has 2 atom stereocenters. The Morgan fingerprint density at radius 1 is 1.24 bits per heavy atom. The number of carboxylic acid groups (broad SMARTS) is 1. The van der Waals surface area contributed by atoms with Crippen LogP contribution in [0.25, 0.3) is 0 Å². The SMILES string of the molecule is CC(NC(=O)CNC(=O)c1ccccc1)C(=O)N1CCCC1C(=O)O. The number of aliphatic carboxylic acids is 1. The van der Waals surface area contributed by atoms with Gasteiger partial charge in [0.1, 0.15) is 12.1 Å². The van der Waals surface area contributed by atoms with Gasteiger partial charge in [-0.25, -0.2) is 4.79 Å². The first kappa shape index (κ1) is 18.4. The van der Waals surface area contributed by atoms with E-state index in [-0.39, 0.29) is 12.5 Å². The van der Waals surface area contributed by atoms with Crippen LogP contribution in [0, 0.1) is 0 Å². The average molecular weight is 347 g/mol. The van der Waals surface area contributed by atoms with Gasteiger partial charge in [-0.3, -0.25) is 14.4 Å². The molecule has 0 aromatic heterocycles. The standard InChI is InChI=1S/C17H21N3O5/c1-11(16(23)20-9-5-8-13(20)17(24)25)19-14(21)10-18-15(22)12-6-3-2-4-7-12/h2-4,6-7,11,13H,5,8-10H2,1H3,(H,18,22)(H,19,21)(H,24,25). The second kappa shape index (κ2) is 8.27. The highest BCUT2D eigenvalue weighted by molar-refractivity contribution is 5.97. The molecule has 1 heterocycles. The van der Waals surface area contributed by atoms with Crippen molar-refractivity contribution in [3.63, 3.8) is 0 Å². The summed E-state index contributed by atoms with van der Waals surface area (Å²) in [5.74, 6) is -2.39. The highest BCUT2D eigenvalue weighted by Crippen LogP contribution is 2.18. The van der Waals surface area contributed by atoms with Crippen LogP contribution in [0.5, 0.6) is 0 Å². The van der Waals surface area contributed by atoms with E-state index in [4.69, 9.17) is 5.11 Å². The van der Waals surface area contributed by atoms with Crippen LogP contribution < -0.4 is 10.6 Å². The first-order chi connectivity index (χ1) is 11.9. The average Bonchev–Trinajstić information content (AvgIpc) is 3.09. The van der Waals surface area contributed by atoms with Crippen molar-refractivity contribution in [3.8, 4) is 0 Å². The number of carboxylic acids is 1. The van der Waals surface area contributed by atoms with Gasteiger partial charge in [-0.15, -0.1) is 0 Å². The van der Waals surface area contributed by atoms with Gasteiger partial charge in [0.05, 0.1) is 6.54 Å². The molecule has 1 fully saturated rings. The molecule has 0 aliphatic carbocycles. The smallest absolute Gasteiger partial charge is 0.326 e. The lowest BCUT2D eigenvalue weighted by Gasteiger charge is -2.25. The summed E-state index contributed by atoms with van der Waals surface area (Å²) >= 11 is 0. The summed E-state index contributed by atoms with van der Waals surface area (Å²) in [6.45, 7) is 1.59. The van der Waals surface area contributed by atoms with Gasteiger partial charge in [-0.05, 0) is 31.9 Å². The van der Waals surface area contributed by atoms with Gasteiger partial charge in [0.15, 0.2) is 0 Å². The number of nitrogens with one attached hydrogen (secondary N) is 2. The lowest BCUT2D eigenvalue weighted by Crippen LogP contribution is -2.51. The van der Waals surface area contributed by atoms with Crippen LogP contribution in [0.15, 0.2) is 30.3 Å². The minimum Gasteiger partial charge on any atom is -0.480 e. The van der Waals surface area contributed by atoms with E-state index in [0.717, 1.165) is 0 Å². The molecule has 0 saturated carbocycles. The molecule has 1 aromatic carbocycles. The number of hydrogen-bond donors (Lipinski definition) is 3. The zero-order valence-corrected chi connectivity index (χ0v) is 13.9. The fourth-order valence-corrected chi connectivity index (χ4v) is 2.74. The minimum atomic E-state index is -1.04. The molecule has 1 aromatic rings. The Bertz CT molecular complexity index is 662. The van der Waals surface area contributed by atoms with Crippen LogP contribution in [-0.2, 0) is 14.4 Å². The molecule has 25 heavy (non-hydrogen) atoms. The van der Waals surface area contributed by atoms with E-state index in [1.165, 1.54) is 11.8 Å². The molecule has 8 heteroatoms. The maximum atomic E-state index is 12.3. The van der Waals surface area contributed by atoms with Crippen molar-refractivity contribution >= 4 is 23.7 Å². The van der Waals surface area contributed by atoms with Crippen molar-refractivity contribution in [2.45, 2.75) is 31.8 Å². The van der Waals surface area contributed by atoms with Crippen LogP contribution in [0.2, 0.25) is 0 Å². The second-order valence-electron chi connectivity index (χ2n) is 5.87. The summed E-state index contributed by atoms with van der Waals surface area (Å²) in [6, 6.07) is 6.75. The Labute approximate surface area is 145 Å². The fourth-order valence-electron chi connectivity index (χ4n) is 2.74. The van der Waals surface area contributed by atoms with Gasteiger partial charge in [-0.2, -0.15) is 0 Å². The van der Waals surface area contributed by atoms with Crippen molar-refractivity contribution in [2.75, 3.05) is 13.1 Å². The molecular formula is C17H21N3O5. The summed E-state index contributed by atoms with van der Waals surface area (Å²) in [4.78, 5) is 48.5. The van der Waals surface area contributed by atoms with Crippen LogP contribution in [0.3, 0.4) is 0 Å². The molecule has 0 spiro atoms. The molecular weight excluding hydrogens is 326 g/mol. The molecule has 134 valence electrons. The summed E-state index contributed by atoms with van der Waals surface area (Å²) in [5.41, 5.74) is 0.431. The molecule has 2 unspecified atom stereocenters. The van der Waals surface area contributed by atoms with E-state index < -0.39 is 29.9 Å². The zero-order valence-electron chi connectivity index (χ0n) is 13.9. The van der Waals surface area contributed by atoms with Crippen LogP contribution >= 0.6 is 0 Å². The summed E-state index contributed by atoms with van der Waals surface area (Å²) in [5, 5.41) is 14.1. The number of likely N-dealkylation sites (tertiary alicyclic amines) is 1. The van der Waals surface area contributed by atoms with E-state index in [1.54, 1.807) is 30.3 Å². The van der Waals surface area contributed by atoms with Crippen molar-refractivity contribution in [1.29, 1.82) is 0 Å². The van der Waals surface area contributed by atoms with Crippen molar-refractivity contribution < 1.29 is 24.3 Å². The highest BCUT2D eigenvalue weighted by Gasteiger charge is 2.36. The van der Waals surface area contributed by atoms with E-state index >= 15 is 0 Å². The zero-order chi connectivity index (χ0) is 18.4. The van der Waals surface area contributed by atoms with Crippen LogP contribution in [0.4, 0.5) is 0 Å². The largest absolute Gasteiger partial charge is 0.480 e. The third-order valence-electron chi connectivity index (χ3n) is 4.01. The Balaban J connectivity index is 1.82. The molecule has 8 nitrogen and oxygen atoms in total. The topological polar surface area (TPSA) is 116 Å². The monoisotopic (exact) mass is 347 g/mol. The first-order valence-electron chi connectivity index (χ1n) is 8.06. The van der Waals surface area contributed by atoms with Gasteiger partial charge in [0, 0.05) is 12.1 Å². The van der Waals surface area contributed by atoms with E-state index in [0.29, 0.717) is 24.9 Å². The Morgan fingerprint density at radius 3 is 2.56 bits per heavy atom. The molecule has 2 rings (SSSR count). The number of hydrogen-bond acceptors (Lipinski definition) is 4. The number of carbonyl (C=O) groups is 4. The van der Waals surface area contributed by atoms with Gasteiger partial charge >= 0.3 is 5.97 Å². The maximum absolute atomic E-state index is 12.3. The quantitative estimate of drug-likeness (QED) is 0.670. The number of rotatable bonds is 6. The van der Waals surface area contributed by atoms with Crippen LogP contribution in [0.1, 0.15) is 30.1 Å². The van der Waals surface area contributed by atoms with Crippen molar-refractivity contribution in [1.82, 2.24) is 15.5 Å². The Kier molecular flexibility index (Phi) is 6.10. The first-order valence-corrected chi connectivity index (χ1v) is 8.06. The third kappa shape index (κ3) is 4.79. The minimum absolute atomic E-state index is 0.270. The molecule has 3 N–H and O–H groups in total.